The molecule has 3 amide bonds. The standard InChI is InChI=1S/C23H17ClN2O5/c1-30-16-8-10-20(31-2)19(12-16)25-21(27)13-3-9-17-18(11-13)23(29)26(22(17)28)15-6-4-14(24)5-7-15/h3-12H,1-2H3,(H,25,27). The smallest absolute Gasteiger partial charge is 0.266 e. The quantitative estimate of drug-likeness (QED) is 0.599. The van der Waals surface area contributed by atoms with Crippen LogP contribution in [0.25, 0.3) is 0 Å². The van der Waals surface area contributed by atoms with Gasteiger partial charge < -0.3 is 14.8 Å². The highest BCUT2D eigenvalue weighted by molar-refractivity contribution is 6.35. The predicted octanol–water partition coefficient (Wildman–Crippen LogP) is 4.41. The van der Waals surface area contributed by atoms with Crippen molar-refractivity contribution in [3.8, 4) is 11.5 Å². The van der Waals surface area contributed by atoms with Gasteiger partial charge in [0.2, 0.25) is 0 Å². The minimum absolute atomic E-state index is 0.158. The van der Waals surface area contributed by atoms with Gasteiger partial charge >= 0.3 is 0 Å². The highest BCUT2D eigenvalue weighted by Gasteiger charge is 2.37. The van der Waals surface area contributed by atoms with Gasteiger partial charge in [0.05, 0.1) is 36.7 Å². The van der Waals surface area contributed by atoms with Crippen LogP contribution < -0.4 is 19.7 Å². The van der Waals surface area contributed by atoms with Crippen LogP contribution in [0.4, 0.5) is 11.4 Å². The molecule has 156 valence electrons. The van der Waals surface area contributed by atoms with Crippen molar-refractivity contribution >= 4 is 40.7 Å². The SMILES string of the molecule is COc1ccc(OC)c(NC(=O)c2ccc3c(c2)C(=O)N(c2ccc(Cl)cc2)C3=O)c1. The number of rotatable bonds is 5. The normalized spacial score (nSPS) is 12.5. The van der Waals surface area contributed by atoms with Gasteiger partial charge in [-0.2, -0.15) is 0 Å². The lowest BCUT2D eigenvalue weighted by molar-refractivity contribution is 0.0925. The van der Waals surface area contributed by atoms with Gasteiger partial charge in [-0.3, -0.25) is 14.4 Å². The summed E-state index contributed by atoms with van der Waals surface area (Å²) >= 11 is 5.89. The number of amides is 3. The predicted molar refractivity (Wildman–Crippen MR) is 117 cm³/mol. The van der Waals surface area contributed by atoms with Crippen LogP contribution in [0.3, 0.4) is 0 Å². The molecule has 7 nitrogen and oxygen atoms in total. The molecule has 3 aromatic carbocycles. The van der Waals surface area contributed by atoms with Crippen molar-refractivity contribution in [2.24, 2.45) is 0 Å². The fourth-order valence-corrected chi connectivity index (χ4v) is 3.44. The molecule has 0 bridgehead atoms. The zero-order valence-electron chi connectivity index (χ0n) is 16.6. The first-order chi connectivity index (χ1) is 14.9. The van der Waals surface area contributed by atoms with E-state index in [-0.39, 0.29) is 16.7 Å². The number of imide groups is 1. The number of nitrogens with one attached hydrogen (secondary N) is 1. The molecule has 0 unspecified atom stereocenters. The molecule has 31 heavy (non-hydrogen) atoms. The van der Waals surface area contributed by atoms with E-state index in [1.54, 1.807) is 42.5 Å². The summed E-state index contributed by atoms with van der Waals surface area (Å²) in [6, 6.07) is 15.8. The zero-order valence-corrected chi connectivity index (χ0v) is 17.4. The van der Waals surface area contributed by atoms with E-state index in [0.29, 0.717) is 27.9 Å². The fourth-order valence-electron chi connectivity index (χ4n) is 3.31. The van der Waals surface area contributed by atoms with Crippen LogP contribution in [0.2, 0.25) is 5.02 Å². The molecule has 0 saturated heterocycles. The number of fused-ring (bicyclic) bond motifs is 1. The first-order valence-corrected chi connectivity index (χ1v) is 9.62. The number of halogens is 1. The Morgan fingerprint density at radius 3 is 2.26 bits per heavy atom. The van der Waals surface area contributed by atoms with Crippen molar-refractivity contribution in [2.75, 3.05) is 24.4 Å². The molecule has 0 fully saturated rings. The van der Waals surface area contributed by atoms with E-state index in [1.807, 2.05) is 0 Å². The second-order valence-electron chi connectivity index (χ2n) is 6.70. The molecule has 3 aromatic rings. The lowest BCUT2D eigenvalue weighted by atomic mass is 10.1. The number of carbonyl (C=O) groups is 3. The summed E-state index contributed by atoms with van der Waals surface area (Å²) < 4.78 is 10.5. The summed E-state index contributed by atoms with van der Waals surface area (Å²) in [7, 11) is 3.01. The third-order valence-corrected chi connectivity index (χ3v) is 5.14. The van der Waals surface area contributed by atoms with Crippen LogP contribution in [0.15, 0.2) is 60.7 Å². The van der Waals surface area contributed by atoms with Gasteiger partial charge in [-0.25, -0.2) is 4.90 Å². The summed E-state index contributed by atoms with van der Waals surface area (Å²) in [5.74, 6) is -0.417. The third kappa shape index (κ3) is 3.71. The Bertz CT molecular complexity index is 1210. The molecule has 0 aliphatic carbocycles. The molecule has 0 spiro atoms. The Hall–Kier alpha value is -3.84. The molecule has 0 radical (unpaired) electrons. The molecule has 1 N–H and O–H groups in total. The van der Waals surface area contributed by atoms with Gasteiger partial charge in [0.15, 0.2) is 0 Å². The summed E-state index contributed by atoms with van der Waals surface area (Å²) in [4.78, 5) is 39.6. The molecule has 4 rings (SSSR count). The van der Waals surface area contributed by atoms with Crippen LogP contribution in [0, 0.1) is 0 Å². The molecular formula is C23H17ClN2O5. The molecule has 8 heteroatoms. The summed E-state index contributed by atoms with van der Waals surface area (Å²) in [6.45, 7) is 0. The molecule has 1 aliphatic heterocycles. The van der Waals surface area contributed by atoms with Crippen molar-refractivity contribution in [3.05, 3.63) is 82.4 Å². The maximum Gasteiger partial charge on any atom is 0.266 e. The van der Waals surface area contributed by atoms with Crippen molar-refractivity contribution in [1.29, 1.82) is 0 Å². The second-order valence-corrected chi connectivity index (χ2v) is 7.14. The Labute approximate surface area is 183 Å². The van der Waals surface area contributed by atoms with E-state index in [1.165, 1.54) is 32.4 Å². The van der Waals surface area contributed by atoms with Crippen molar-refractivity contribution in [2.45, 2.75) is 0 Å². The van der Waals surface area contributed by atoms with Gasteiger partial charge in [0, 0.05) is 16.7 Å². The van der Waals surface area contributed by atoms with Gasteiger partial charge in [-0.05, 0) is 54.6 Å². The van der Waals surface area contributed by atoms with E-state index >= 15 is 0 Å². The molecule has 1 heterocycles. The monoisotopic (exact) mass is 436 g/mol. The highest BCUT2D eigenvalue weighted by atomic mass is 35.5. The van der Waals surface area contributed by atoms with Crippen LogP contribution in [0.1, 0.15) is 31.1 Å². The Morgan fingerprint density at radius 1 is 0.871 bits per heavy atom. The van der Waals surface area contributed by atoms with Crippen molar-refractivity contribution < 1.29 is 23.9 Å². The first-order valence-electron chi connectivity index (χ1n) is 9.24. The Morgan fingerprint density at radius 2 is 1.58 bits per heavy atom. The van der Waals surface area contributed by atoms with Gasteiger partial charge in [-0.15, -0.1) is 0 Å². The first kappa shape index (κ1) is 20.4. The Kier molecular flexibility index (Phi) is 5.35. The maximum atomic E-state index is 12.9. The van der Waals surface area contributed by atoms with E-state index in [2.05, 4.69) is 5.32 Å². The minimum atomic E-state index is -0.504. The van der Waals surface area contributed by atoms with Crippen molar-refractivity contribution in [3.63, 3.8) is 0 Å². The topological polar surface area (TPSA) is 84.9 Å². The number of benzene rings is 3. The molecule has 0 saturated carbocycles. The van der Waals surface area contributed by atoms with Crippen LogP contribution in [-0.4, -0.2) is 31.9 Å². The number of ether oxygens (including phenoxy) is 2. The number of methoxy groups -OCH3 is 2. The highest BCUT2D eigenvalue weighted by Crippen LogP contribution is 2.32. The van der Waals surface area contributed by atoms with E-state index < -0.39 is 17.7 Å². The number of hydrogen-bond donors (Lipinski definition) is 1. The van der Waals surface area contributed by atoms with E-state index in [9.17, 15) is 14.4 Å². The summed E-state index contributed by atoms with van der Waals surface area (Å²) in [5.41, 5.74) is 1.43. The van der Waals surface area contributed by atoms with Gasteiger partial charge in [-0.1, -0.05) is 11.6 Å². The number of hydrogen-bond acceptors (Lipinski definition) is 5. The number of anilines is 2. The average molecular weight is 437 g/mol. The van der Waals surface area contributed by atoms with Crippen LogP contribution in [-0.2, 0) is 0 Å². The fraction of sp³-hybridized carbons (Fsp3) is 0.0870. The third-order valence-electron chi connectivity index (χ3n) is 4.89. The molecule has 0 aromatic heterocycles. The Balaban J connectivity index is 1.63. The van der Waals surface area contributed by atoms with Gasteiger partial charge in [0.25, 0.3) is 17.7 Å². The van der Waals surface area contributed by atoms with Crippen LogP contribution in [0.5, 0.6) is 11.5 Å². The number of carbonyl (C=O) groups excluding carboxylic acids is 3. The van der Waals surface area contributed by atoms with Gasteiger partial charge in [0.1, 0.15) is 11.5 Å². The minimum Gasteiger partial charge on any atom is -0.497 e. The lowest BCUT2D eigenvalue weighted by Gasteiger charge is -2.13. The van der Waals surface area contributed by atoms with Crippen LogP contribution >= 0.6 is 11.6 Å². The molecule has 1 aliphatic rings. The molecule has 0 atom stereocenters. The summed E-state index contributed by atoms with van der Waals surface area (Å²) in [6.07, 6.45) is 0. The van der Waals surface area contributed by atoms with E-state index in [0.717, 1.165) is 4.90 Å². The average Bonchev–Trinajstić information content (AvgIpc) is 3.04. The zero-order chi connectivity index (χ0) is 22.1. The maximum absolute atomic E-state index is 12.9. The second kappa shape index (κ2) is 8.12. The lowest BCUT2D eigenvalue weighted by Crippen LogP contribution is -2.29. The number of nitrogens with zero attached hydrogens (tertiary/aromatic N) is 1. The van der Waals surface area contributed by atoms with Crippen molar-refractivity contribution in [1.82, 2.24) is 0 Å². The molecular weight excluding hydrogens is 420 g/mol. The largest absolute Gasteiger partial charge is 0.497 e. The summed E-state index contributed by atoms with van der Waals surface area (Å²) in [5, 5.41) is 3.24. The van der Waals surface area contributed by atoms with E-state index in [4.69, 9.17) is 21.1 Å².